The SMILES string of the molecule is Cc1noc(C(C)C)c1C(=O)Nc1cnn(C(C)(C)C(=O)O)c1. The minimum Gasteiger partial charge on any atom is -0.479 e. The van der Waals surface area contributed by atoms with Gasteiger partial charge in [-0.3, -0.25) is 9.48 Å². The number of hydrogen-bond acceptors (Lipinski definition) is 5. The number of rotatable bonds is 5. The molecule has 124 valence electrons. The monoisotopic (exact) mass is 320 g/mol. The molecule has 0 aromatic carbocycles. The van der Waals surface area contributed by atoms with Crippen molar-refractivity contribution >= 4 is 17.6 Å². The highest BCUT2D eigenvalue weighted by molar-refractivity contribution is 6.05. The highest BCUT2D eigenvalue weighted by atomic mass is 16.5. The molecule has 23 heavy (non-hydrogen) atoms. The van der Waals surface area contributed by atoms with Crippen LogP contribution in [0.25, 0.3) is 0 Å². The molecule has 2 N–H and O–H groups in total. The Labute approximate surface area is 133 Å². The van der Waals surface area contributed by atoms with E-state index >= 15 is 0 Å². The Morgan fingerprint density at radius 2 is 2.04 bits per heavy atom. The van der Waals surface area contributed by atoms with Crippen LogP contribution in [0.15, 0.2) is 16.9 Å². The summed E-state index contributed by atoms with van der Waals surface area (Å²) < 4.78 is 6.48. The molecule has 0 aliphatic carbocycles. The van der Waals surface area contributed by atoms with E-state index < -0.39 is 11.5 Å². The highest BCUT2D eigenvalue weighted by Gasteiger charge is 2.30. The van der Waals surface area contributed by atoms with Gasteiger partial charge in [0.15, 0.2) is 11.3 Å². The van der Waals surface area contributed by atoms with Gasteiger partial charge in [0.25, 0.3) is 5.91 Å². The number of aryl methyl sites for hydroxylation is 1. The summed E-state index contributed by atoms with van der Waals surface area (Å²) in [6, 6.07) is 0. The molecule has 0 bridgehead atoms. The molecule has 1 amide bonds. The fourth-order valence-electron chi connectivity index (χ4n) is 2.04. The normalized spacial score (nSPS) is 11.7. The number of carbonyl (C=O) groups is 2. The molecule has 0 unspecified atom stereocenters. The number of carboxylic acids is 1. The molecule has 0 saturated carbocycles. The van der Waals surface area contributed by atoms with Gasteiger partial charge >= 0.3 is 5.97 Å². The molecule has 2 aromatic heterocycles. The third kappa shape index (κ3) is 3.10. The molecule has 2 rings (SSSR count). The Bertz CT molecular complexity index is 742. The standard InChI is InChI=1S/C15H20N4O4/c1-8(2)12-11(9(3)18-23-12)13(20)17-10-6-16-19(7-10)15(4,5)14(21)22/h6-8H,1-5H3,(H,17,20)(H,21,22). The van der Waals surface area contributed by atoms with Crippen LogP contribution in [0.1, 0.15) is 55.4 Å². The smallest absolute Gasteiger partial charge is 0.331 e. The largest absolute Gasteiger partial charge is 0.479 e. The Kier molecular flexibility index (Phi) is 4.26. The molecule has 2 heterocycles. The number of nitrogens with one attached hydrogen (secondary N) is 1. The first-order valence-corrected chi connectivity index (χ1v) is 7.20. The van der Waals surface area contributed by atoms with Crippen molar-refractivity contribution in [3.05, 3.63) is 29.4 Å². The van der Waals surface area contributed by atoms with E-state index in [2.05, 4.69) is 15.6 Å². The molecule has 0 radical (unpaired) electrons. The van der Waals surface area contributed by atoms with Gasteiger partial charge in [0.1, 0.15) is 5.56 Å². The van der Waals surface area contributed by atoms with E-state index in [1.165, 1.54) is 30.9 Å². The van der Waals surface area contributed by atoms with E-state index in [1.54, 1.807) is 6.92 Å². The third-order valence-electron chi connectivity index (χ3n) is 3.58. The van der Waals surface area contributed by atoms with Crippen LogP contribution in [0.5, 0.6) is 0 Å². The zero-order chi connectivity index (χ0) is 17.4. The number of aliphatic carboxylic acids is 1. The summed E-state index contributed by atoms with van der Waals surface area (Å²) in [6.07, 6.45) is 2.88. The highest BCUT2D eigenvalue weighted by Crippen LogP contribution is 2.24. The van der Waals surface area contributed by atoms with Crippen molar-refractivity contribution in [1.82, 2.24) is 14.9 Å². The first kappa shape index (κ1) is 16.7. The summed E-state index contributed by atoms with van der Waals surface area (Å²) in [6.45, 7) is 8.55. The second kappa shape index (κ2) is 5.86. The van der Waals surface area contributed by atoms with E-state index in [-0.39, 0.29) is 11.8 Å². The summed E-state index contributed by atoms with van der Waals surface area (Å²) in [5.74, 6) is -0.848. The van der Waals surface area contributed by atoms with Gasteiger partial charge in [-0.25, -0.2) is 4.79 Å². The molecule has 8 heteroatoms. The molecule has 0 saturated heterocycles. The van der Waals surface area contributed by atoms with E-state index in [0.29, 0.717) is 22.7 Å². The minimum atomic E-state index is -1.21. The fourth-order valence-corrected chi connectivity index (χ4v) is 2.04. The van der Waals surface area contributed by atoms with Crippen molar-refractivity contribution in [3.63, 3.8) is 0 Å². The van der Waals surface area contributed by atoms with E-state index in [9.17, 15) is 14.7 Å². The van der Waals surface area contributed by atoms with Crippen LogP contribution in [-0.2, 0) is 10.3 Å². The Hall–Kier alpha value is -2.64. The van der Waals surface area contributed by atoms with Gasteiger partial charge < -0.3 is 14.9 Å². The van der Waals surface area contributed by atoms with Crippen molar-refractivity contribution < 1.29 is 19.2 Å². The summed E-state index contributed by atoms with van der Waals surface area (Å²) in [4.78, 5) is 23.7. The fraction of sp³-hybridized carbons (Fsp3) is 0.467. The average Bonchev–Trinajstić information content (AvgIpc) is 3.05. The van der Waals surface area contributed by atoms with Gasteiger partial charge in [-0.15, -0.1) is 0 Å². The number of carbonyl (C=O) groups excluding carboxylic acids is 1. The van der Waals surface area contributed by atoms with Crippen molar-refractivity contribution in [2.75, 3.05) is 5.32 Å². The van der Waals surface area contributed by atoms with Crippen molar-refractivity contribution in [1.29, 1.82) is 0 Å². The Morgan fingerprint density at radius 1 is 1.39 bits per heavy atom. The zero-order valence-electron chi connectivity index (χ0n) is 13.7. The van der Waals surface area contributed by atoms with Crippen LogP contribution in [0.4, 0.5) is 5.69 Å². The van der Waals surface area contributed by atoms with Gasteiger partial charge in [0.05, 0.1) is 17.6 Å². The van der Waals surface area contributed by atoms with Crippen LogP contribution < -0.4 is 5.32 Å². The van der Waals surface area contributed by atoms with Crippen molar-refractivity contribution in [3.8, 4) is 0 Å². The Morgan fingerprint density at radius 3 is 2.61 bits per heavy atom. The maximum absolute atomic E-state index is 12.4. The van der Waals surface area contributed by atoms with Gasteiger partial charge in [-0.1, -0.05) is 19.0 Å². The lowest BCUT2D eigenvalue weighted by molar-refractivity contribution is -0.146. The predicted octanol–water partition coefficient (Wildman–Crippen LogP) is 2.37. The van der Waals surface area contributed by atoms with Gasteiger partial charge in [0, 0.05) is 12.1 Å². The number of amides is 1. The summed E-state index contributed by atoms with van der Waals surface area (Å²) >= 11 is 0. The quantitative estimate of drug-likeness (QED) is 0.875. The topological polar surface area (TPSA) is 110 Å². The van der Waals surface area contributed by atoms with Gasteiger partial charge in [-0.05, 0) is 20.8 Å². The molecule has 0 aliphatic rings. The zero-order valence-corrected chi connectivity index (χ0v) is 13.7. The number of anilines is 1. The lowest BCUT2D eigenvalue weighted by Gasteiger charge is -2.19. The molecule has 0 atom stereocenters. The molecular weight excluding hydrogens is 300 g/mol. The number of aromatic nitrogens is 3. The molecule has 8 nitrogen and oxygen atoms in total. The molecule has 0 spiro atoms. The van der Waals surface area contributed by atoms with Crippen LogP contribution >= 0.6 is 0 Å². The Balaban J connectivity index is 2.24. The molecule has 0 aliphatic heterocycles. The lowest BCUT2D eigenvalue weighted by atomic mass is 10.0. The molecular formula is C15H20N4O4. The van der Waals surface area contributed by atoms with Crippen LogP contribution in [0.2, 0.25) is 0 Å². The number of hydrogen-bond donors (Lipinski definition) is 2. The number of nitrogens with zero attached hydrogens (tertiary/aromatic N) is 3. The van der Waals surface area contributed by atoms with Gasteiger partial charge in [0.2, 0.25) is 0 Å². The van der Waals surface area contributed by atoms with Crippen LogP contribution in [-0.4, -0.2) is 31.9 Å². The summed E-state index contributed by atoms with van der Waals surface area (Å²) in [7, 11) is 0. The lowest BCUT2D eigenvalue weighted by Crippen LogP contribution is -2.35. The predicted molar refractivity (Wildman–Crippen MR) is 82.5 cm³/mol. The summed E-state index contributed by atoms with van der Waals surface area (Å²) in [5, 5.41) is 19.7. The molecule has 2 aromatic rings. The maximum atomic E-state index is 12.4. The minimum absolute atomic E-state index is 0.0191. The second-order valence-corrected chi connectivity index (χ2v) is 6.15. The number of carboxylic acid groups (broad SMARTS) is 1. The van der Waals surface area contributed by atoms with Crippen molar-refractivity contribution in [2.24, 2.45) is 0 Å². The van der Waals surface area contributed by atoms with Gasteiger partial charge in [-0.2, -0.15) is 5.10 Å². The summed E-state index contributed by atoms with van der Waals surface area (Å²) in [5.41, 5.74) is 0.0912. The van der Waals surface area contributed by atoms with Crippen molar-refractivity contribution in [2.45, 2.75) is 46.1 Å². The molecule has 0 fully saturated rings. The first-order valence-electron chi connectivity index (χ1n) is 7.20. The van der Waals surface area contributed by atoms with E-state index in [4.69, 9.17) is 4.52 Å². The average molecular weight is 320 g/mol. The first-order chi connectivity index (χ1) is 10.6. The van der Waals surface area contributed by atoms with E-state index in [0.717, 1.165) is 0 Å². The van der Waals surface area contributed by atoms with Crippen LogP contribution in [0.3, 0.4) is 0 Å². The maximum Gasteiger partial charge on any atom is 0.331 e. The van der Waals surface area contributed by atoms with Crippen LogP contribution in [0, 0.1) is 6.92 Å². The van der Waals surface area contributed by atoms with E-state index in [1.807, 2.05) is 13.8 Å². The third-order valence-corrected chi connectivity index (χ3v) is 3.58. The second-order valence-electron chi connectivity index (χ2n) is 6.15.